The van der Waals surface area contributed by atoms with Crippen LogP contribution in [0.1, 0.15) is 17.5 Å². The Bertz CT molecular complexity index is 377. The van der Waals surface area contributed by atoms with Crippen LogP contribution < -0.4 is 0 Å². The van der Waals surface area contributed by atoms with Crippen molar-refractivity contribution in [2.75, 3.05) is 0 Å². The average molecular weight is 182 g/mol. The number of benzene rings is 1. The molecule has 2 rings (SSSR count). The van der Waals surface area contributed by atoms with Gasteiger partial charge in [-0.1, -0.05) is 60.7 Å². The van der Waals surface area contributed by atoms with E-state index in [4.69, 9.17) is 0 Å². The van der Waals surface area contributed by atoms with Gasteiger partial charge in [0.1, 0.15) is 0 Å². The van der Waals surface area contributed by atoms with Crippen molar-refractivity contribution in [3.8, 4) is 0 Å². The first-order valence-corrected chi connectivity index (χ1v) is 4.94. The summed E-state index contributed by atoms with van der Waals surface area (Å²) in [6, 6.07) is 8.59. The molecular formula is C14H14. The zero-order valence-electron chi connectivity index (χ0n) is 8.24. The highest BCUT2D eigenvalue weighted by Crippen LogP contribution is 2.17. The molecule has 1 aromatic rings. The van der Waals surface area contributed by atoms with Crippen LogP contribution in [0, 0.1) is 0 Å². The monoisotopic (exact) mass is 182 g/mol. The first kappa shape index (κ1) is 9.01. The minimum absolute atomic E-state index is 1.07. The van der Waals surface area contributed by atoms with E-state index in [2.05, 4.69) is 49.1 Å². The molecule has 0 amide bonds. The van der Waals surface area contributed by atoms with Crippen molar-refractivity contribution in [1.29, 1.82) is 0 Å². The van der Waals surface area contributed by atoms with Gasteiger partial charge in [-0.2, -0.15) is 0 Å². The van der Waals surface area contributed by atoms with Crippen LogP contribution in [0.3, 0.4) is 0 Å². The molecule has 1 aliphatic rings. The zero-order chi connectivity index (χ0) is 9.80. The second-order valence-corrected chi connectivity index (χ2v) is 3.58. The molecule has 0 radical (unpaired) electrons. The summed E-state index contributed by atoms with van der Waals surface area (Å²) in [5, 5.41) is 0. The van der Waals surface area contributed by atoms with Crippen molar-refractivity contribution in [3.05, 3.63) is 65.8 Å². The molecule has 0 bridgehead atoms. The molecule has 0 aliphatic heterocycles. The topological polar surface area (TPSA) is 0 Å². The maximum Gasteiger partial charge on any atom is -0.00609 e. The fraction of sp³-hybridized carbons (Fsp3) is 0.143. The molecular weight excluding hydrogens is 168 g/mol. The second kappa shape index (κ2) is 4.10. The highest BCUT2D eigenvalue weighted by atomic mass is 14.1. The Balaban J connectivity index is 2.06. The van der Waals surface area contributed by atoms with E-state index in [1.54, 1.807) is 0 Å². The van der Waals surface area contributed by atoms with Gasteiger partial charge in [0, 0.05) is 0 Å². The lowest BCUT2D eigenvalue weighted by Gasteiger charge is -2.02. The van der Waals surface area contributed by atoms with E-state index in [0.717, 1.165) is 12.8 Å². The lowest BCUT2D eigenvalue weighted by atomic mass is 10.0. The molecule has 0 atom stereocenters. The molecule has 0 fully saturated rings. The second-order valence-electron chi connectivity index (χ2n) is 3.58. The third-order valence-corrected chi connectivity index (χ3v) is 2.49. The van der Waals surface area contributed by atoms with E-state index in [1.165, 1.54) is 16.7 Å². The van der Waals surface area contributed by atoms with E-state index >= 15 is 0 Å². The fourth-order valence-corrected chi connectivity index (χ4v) is 1.66. The summed E-state index contributed by atoms with van der Waals surface area (Å²) in [7, 11) is 0. The van der Waals surface area contributed by atoms with Crippen molar-refractivity contribution < 1.29 is 0 Å². The maximum atomic E-state index is 3.74. The van der Waals surface area contributed by atoms with Crippen LogP contribution in [0.5, 0.6) is 0 Å². The SMILES string of the molecule is C=Cc1ccc(CC2=CC=CC2)cc1. The largest absolute Gasteiger partial charge is 0.0985 e. The molecule has 0 heteroatoms. The predicted octanol–water partition coefficient (Wildman–Crippen LogP) is 3.76. The van der Waals surface area contributed by atoms with Crippen molar-refractivity contribution in [2.24, 2.45) is 0 Å². The number of rotatable bonds is 3. The Labute approximate surface area is 85.3 Å². The third-order valence-electron chi connectivity index (χ3n) is 2.49. The van der Waals surface area contributed by atoms with Crippen LogP contribution in [0.25, 0.3) is 6.08 Å². The van der Waals surface area contributed by atoms with Gasteiger partial charge < -0.3 is 0 Å². The summed E-state index contributed by atoms with van der Waals surface area (Å²) < 4.78 is 0. The van der Waals surface area contributed by atoms with E-state index in [1.807, 2.05) is 6.08 Å². The van der Waals surface area contributed by atoms with E-state index in [-0.39, 0.29) is 0 Å². The van der Waals surface area contributed by atoms with Gasteiger partial charge >= 0.3 is 0 Å². The van der Waals surface area contributed by atoms with Gasteiger partial charge in [-0.3, -0.25) is 0 Å². The van der Waals surface area contributed by atoms with Crippen LogP contribution in [0.4, 0.5) is 0 Å². The molecule has 1 aliphatic carbocycles. The van der Waals surface area contributed by atoms with E-state index < -0.39 is 0 Å². The molecule has 0 saturated carbocycles. The molecule has 1 aromatic carbocycles. The van der Waals surface area contributed by atoms with Crippen LogP contribution in [-0.4, -0.2) is 0 Å². The van der Waals surface area contributed by atoms with E-state index in [9.17, 15) is 0 Å². The molecule has 0 nitrogen and oxygen atoms in total. The van der Waals surface area contributed by atoms with Gasteiger partial charge in [0.15, 0.2) is 0 Å². The highest BCUT2D eigenvalue weighted by Gasteiger charge is 2.00. The molecule has 0 N–H and O–H groups in total. The molecule has 70 valence electrons. The van der Waals surface area contributed by atoms with Crippen LogP contribution in [0.15, 0.2) is 54.6 Å². The summed E-state index contributed by atoms with van der Waals surface area (Å²) in [6.45, 7) is 3.74. The van der Waals surface area contributed by atoms with E-state index in [0.29, 0.717) is 0 Å². The Hall–Kier alpha value is -1.56. The third kappa shape index (κ3) is 2.02. The Morgan fingerprint density at radius 1 is 1.21 bits per heavy atom. The van der Waals surface area contributed by atoms with Crippen LogP contribution in [-0.2, 0) is 6.42 Å². The summed E-state index contributed by atoms with van der Waals surface area (Å²) in [5.74, 6) is 0. The summed E-state index contributed by atoms with van der Waals surface area (Å²) in [6.07, 6.45) is 10.6. The van der Waals surface area contributed by atoms with Gasteiger partial charge in [-0.15, -0.1) is 0 Å². The lowest BCUT2D eigenvalue weighted by molar-refractivity contribution is 1.09. The smallest absolute Gasteiger partial charge is 0.00609 e. The summed E-state index contributed by atoms with van der Waals surface area (Å²) in [5.41, 5.74) is 4.06. The normalized spacial score (nSPS) is 14.1. The molecule has 0 unspecified atom stereocenters. The van der Waals surface area contributed by atoms with Crippen molar-refractivity contribution in [1.82, 2.24) is 0 Å². The van der Waals surface area contributed by atoms with Gasteiger partial charge in [0.25, 0.3) is 0 Å². The van der Waals surface area contributed by atoms with Crippen molar-refractivity contribution in [2.45, 2.75) is 12.8 Å². The maximum absolute atomic E-state index is 3.74. The molecule has 0 spiro atoms. The van der Waals surface area contributed by atoms with Crippen molar-refractivity contribution >= 4 is 6.08 Å². The van der Waals surface area contributed by atoms with Crippen LogP contribution >= 0.6 is 0 Å². The van der Waals surface area contributed by atoms with Crippen LogP contribution in [0.2, 0.25) is 0 Å². The number of hydrogen-bond donors (Lipinski definition) is 0. The highest BCUT2D eigenvalue weighted by molar-refractivity contribution is 5.47. The van der Waals surface area contributed by atoms with Gasteiger partial charge in [-0.05, 0) is 24.0 Å². The van der Waals surface area contributed by atoms with Crippen molar-refractivity contribution in [3.63, 3.8) is 0 Å². The molecule has 0 heterocycles. The number of hydrogen-bond acceptors (Lipinski definition) is 0. The minimum atomic E-state index is 1.07. The summed E-state index contributed by atoms with van der Waals surface area (Å²) in [4.78, 5) is 0. The Morgan fingerprint density at radius 2 is 2.00 bits per heavy atom. The van der Waals surface area contributed by atoms with Gasteiger partial charge in [0.2, 0.25) is 0 Å². The average Bonchev–Trinajstić information content (AvgIpc) is 2.72. The van der Waals surface area contributed by atoms with Gasteiger partial charge in [-0.25, -0.2) is 0 Å². The van der Waals surface area contributed by atoms with Gasteiger partial charge in [0.05, 0.1) is 0 Å². The standard InChI is InChI=1S/C14H14/c1-2-12-7-9-14(10-8-12)11-13-5-3-4-6-13/h2-5,7-10H,1,6,11H2. The first-order chi connectivity index (χ1) is 6.88. The minimum Gasteiger partial charge on any atom is -0.0985 e. The lowest BCUT2D eigenvalue weighted by Crippen LogP contribution is -1.87. The quantitative estimate of drug-likeness (QED) is 0.667. The number of allylic oxidation sites excluding steroid dienone is 4. The molecule has 0 aromatic heterocycles. The predicted molar refractivity (Wildman–Crippen MR) is 62.1 cm³/mol. The first-order valence-electron chi connectivity index (χ1n) is 4.94. The molecule has 14 heavy (non-hydrogen) atoms. The Kier molecular flexibility index (Phi) is 2.64. The fourth-order valence-electron chi connectivity index (χ4n) is 1.66. The zero-order valence-corrected chi connectivity index (χ0v) is 8.24. The molecule has 0 saturated heterocycles. The Morgan fingerprint density at radius 3 is 2.57 bits per heavy atom. The summed E-state index contributed by atoms with van der Waals surface area (Å²) >= 11 is 0.